The van der Waals surface area contributed by atoms with E-state index in [0.717, 1.165) is 9.86 Å². The smallest absolute Gasteiger partial charge is 0.282 e. The molecule has 2 aromatic heterocycles. The van der Waals surface area contributed by atoms with Crippen molar-refractivity contribution < 1.29 is 13.9 Å². The Balaban J connectivity index is 1.69. The van der Waals surface area contributed by atoms with Crippen LogP contribution in [0.25, 0.3) is 33.5 Å². The molecule has 0 aliphatic carbocycles. The van der Waals surface area contributed by atoms with Crippen molar-refractivity contribution in [3.05, 3.63) is 96.6 Å². The molecular weight excluding hydrogens is 670 g/mol. The summed E-state index contributed by atoms with van der Waals surface area (Å²) < 4.78 is 20.8. The summed E-state index contributed by atoms with van der Waals surface area (Å²) in [6.07, 6.45) is 3.20. The van der Waals surface area contributed by atoms with E-state index in [-0.39, 0.29) is 11.4 Å². The average Bonchev–Trinajstić information content (AvgIpc) is 3.32. The lowest BCUT2D eigenvalue weighted by Crippen LogP contribution is -2.20. The summed E-state index contributed by atoms with van der Waals surface area (Å²) >= 11 is 10.6. The number of halogens is 3. The first-order valence-corrected chi connectivity index (χ1v) is 13.3. The van der Waals surface area contributed by atoms with Crippen LogP contribution in [0, 0.1) is 0 Å². The predicted octanol–water partition coefficient (Wildman–Crippen LogP) is 7.55. The van der Waals surface area contributed by atoms with Crippen LogP contribution in [0.4, 0.5) is 0 Å². The van der Waals surface area contributed by atoms with Gasteiger partial charge in [-0.1, -0.05) is 40.7 Å². The van der Waals surface area contributed by atoms with Gasteiger partial charge in [0, 0.05) is 19.9 Å². The molecule has 0 N–H and O–H groups in total. The normalized spacial score (nSPS) is 11.5. The fraction of sp³-hybridized carbons (Fsp3) is 0.0741. The zero-order valence-corrected chi connectivity index (χ0v) is 24.1. The lowest BCUT2D eigenvalue weighted by Gasteiger charge is -2.14. The Hall–Kier alpha value is -3.21. The molecule has 10 heteroatoms. The highest BCUT2D eigenvalue weighted by molar-refractivity contribution is 9.13. The highest BCUT2D eigenvalue weighted by atomic mass is 79.9. The molecule has 37 heavy (non-hydrogen) atoms. The van der Waals surface area contributed by atoms with Gasteiger partial charge in [0.05, 0.1) is 28.7 Å². The van der Waals surface area contributed by atoms with E-state index in [4.69, 9.17) is 18.9 Å². The predicted molar refractivity (Wildman–Crippen MR) is 156 cm³/mol. The minimum absolute atomic E-state index is 0.278. The molecule has 0 unspecified atom stereocenters. The van der Waals surface area contributed by atoms with Crippen LogP contribution < -0.4 is 15.0 Å². The van der Waals surface area contributed by atoms with Gasteiger partial charge in [0.15, 0.2) is 17.3 Å². The third kappa shape index (κ3) is 4.88. The van der Waals surface area contributed by atoms with E-state index in [9.17, 15) is 4.79 Å². The third-order valence-corrected chi connectivity index (χ3v) is 8.12. The number of rotatable bonds is 7. The minimum Gasteiger partial charge on any atom is -0.493 e. The van der Waals surface area contributed by atoms with E-state index in [1.165, 1.54) is 4.68 Å². The maximum Gasteiger partial charge on any atom is 0.282 e. The number of para-hydroxylation sites is 1. The molecule has 0 spiro atoms. The molecule has 0 atom stereocenters. The van der Waals surface area contributed by atoms with Crippen LogP contribution in [0.1, 0.15) is 5.56 Å². The SMILES string of the molecule is C=CCOc1c(OC)cc(C=Nn2c(-c3cc4cc(Br)ccc4o3)nc3ccccc3c2=O)c(Br)c1Br. The van der Waals surface area contributed by atoms with Gasteiger partial charge in [-0.05, 0) is 74.3 Å². The number of hydrogen-bond donors (Lipinski definition) is 0. The summed E-state index contributed by atoms with van der Waals surface area (Å²) in [6, 6.07) is 16.4. The van der Waals surface area contributed by atoms with Crippen molar-refractivity contribution in [2.24, 2.45) is 5.10 Å². The largest absolute Gasteiger partial charge is 0.493 e. The van der Waals surface area contributed by atoms with Gasteiger partial charge in [-0.25, -0.2) is 4.98 Å². The highest BCUT2D eigenvalue weighted by Gasteiger charge is 2.19. The molecule has 0 saturated heterocycles. The van der Waals surface area contributed by atoms with Crippen LogP contribution in [0.15, 0.2) is 95.0 Å². The van der Waals surface area contributed by atoms with Crippen molar-refractivity contribution >= 4 is 75.9 Å². The van der Waals surface area contributed by atoms with Gasteiger partial charge in [0.2, 0.25) is 5.82 Å². The fourth-order valence-electron chi connectivity index (χ4n) is 3.76. The molecule has 5 aromatic rings. The number of benzene rings is 3. The molecule has 3 aromatic carbocycles. The Bertz CT molecular complexity index is 1760. The second-order valence-corrected chi connectivity index (χ2v) is 10.3. The van der Waals surface area contributed by atoms with E-state index < -0.39 is 0 Å². The van der Waals surface area contributed by atoms with Gasteiger partial charge in [-0.3, -0.25) is 4.79 Å². The van der Waals surface area contributed by atoms with Crippen LogP contribution in [-0.4, -0.2) is 29.6 Å². The number of ether oxygens (including phenoxy) is 2. The third-order valence-electron chi connectivity index (χ3n) is 5.49. The number of hydrogen-bond acceptors (Lipinski definition) is 6. The molecule has 0 amide bonds. The van der Waals surface area contributed by atoms with Gasteiger partial charge >= 0.3 is 0 Å². The van der Waals surface area contributed by atoms with Crippen molar-refractivity contribution in [2.75, 3.05) is 13.7 Å². The maximum absolute atomic E-state index is 13.5. The quantitative estimate of drug-likeness (QED) is 0.130. The summed E-state index contributed by atoms with van der Waals surface area (Å²) in [6.45, 7) is 3.99. The van der Waals surface area contributed by atoms with E-state index in [1.807, 2.05) is 30.3 Å². The van der Waals surface area contributed by atoms with Crippen molar-refractivity contribution in [2.45, 2.75) is 0 Å². The number of aromatic nitrogens is 2. The Morgan fingerprint density at radius 3 is 2.70 bits per heavy atom. The van der Waals surface area contributed by atoms with E-state index >= 15 is 0 Å². The average molecular weight is 688 g/mol. The van der Waals surface area contributed by atoms with Crippen molar-refractivity contribution in [3.63, 3.8) is 0 Å². The van der Waals surface area contributed by atoms with E-state index in [0.29, 0.717) is 54.9 Å². The maximum atomic E-state index is 13.5. The van der Waals surface area contributed by atoms with Crippen molar-refractivity contribution in [1.29, 1.82) is 0 Å². The summed E-state index contributed by atoms with van der Waals surface area (Å²) in [5.74, 6) is 1.70. The van der Waals surface area contributed by atoms with Crippen molar-refractivity contribution in [3.8, 4) is 23.1 Å². The molecule has 0 fully saturated rings. The van der Waals surface area contributed by atoms with Gasteiger partial charge in [-0.2, -0.15) is 9.78 Å². The van der Waals surface area contributed by atoms with Crippen LogP contribution in [0.2, 0.25) is 0 Å². The molecule has 0 aliphatic rings. The molecule has 0 bridgehead atoms. The summed E-state index contributed by atoms with van der Waals surface area (Å²) in [5.41, 5.74) is 1.54. The Labute approximate surface area is 236 Å². The minimum atomic E-state index is -0.327. The van der Waals surface area contributed by atoms with E-state index in [2.05, 4.69) is 59.5 Å². The first kappa shape index (κ1) is 25.4. The van der Waals surface area contributed by atoms with Crippen LogP contribution in [-0.2, 0) is 0 Å². The standard InChI is InChI=1S/C27H18Br3N3O4/c1-3-10-36-25-21(35-2)13-16(23(29)24(25)30)14-31-33-26(32-19-7-5-4-6-18(19)27(33)34)22-12-15-11-17(28)8-9-20(15)37-22/h3-9,11-14H,1,10H2,2H3. The molecule has 186 valence electrons. The van der Waals surface area contributed by atoms with Crippen molar-refractivity contribution in [1.82, 2.24) is 9.66 Å². The zero-order chi connectivity index (χ0) is 26.1. The fourth-order valence-corrected chi connectivity index (χ4v) is 5.08. The summed E-state index contributed by atoms with van der Waals surface area (Å²) in [5, 5.41) is 5.85. The van der Waals surface area contributed by atoms with Crippen LogP contribution >= 0.6 is 47.8 Å². The second-order valence-electron chi connectivity index (χ2n) is 7.83. The van der Waals surface area contributed by atoms with Gasteiger partial charge < -0.3 is 13.9 Å². The first-order chi connectivity index (χ1) is 17.9. The molecule has 0 radical (unpaired) electrons. The van der Waals surface area contributed by atoms with Gasteiger partial charge in [-0.15, -0.1) is 0 Å². The van der Waals surface area contributed by atoms with Gasteiger partial charge in [0.1, 0.15) is 12.2 Å². The topological polar surface area (TPSA) is 78.8 Å². The van der Waals surface area contributed by atoms with Crippen LogP contribution in [0.5, 0.6) is 11.5 Å². The molecule has 2 heterocycles. The summed E-state index contributed by atoms with van der Waals surface area (Å²) in [7, 11) is 1.55. The number of methoxy groups -OCH3 is 1. The molecular formula is C27H18Br3N3O4. The Morgan fingerprint density at radius 2 is 1.92 bits per heavy atom. The monoisotopic (exact) mass is 685 g/mol. The Morgan fingerprint density at radius 1 is 1.11 bits per heavy atom. The first-order valence-electron chi connectivity index (χ1n) is 11.0. The zero-order valence-electron chi connectivity index (χ0n) is 19.4. The van der Waals surface area contributed by atoms with Gasteiger partial charge in [0.25, 0.3) is 5.56 Å². The van der Waals surface area contributed by atoms with E-state index in [1.54, 1.807) is 43.7 Å². The second kappa shape index (κ2) is 10.6. The molecule has 0 saturated carbocycles. The Kier molecular flexibility index (Phi) is 7.32. The summed E-state index contributed by atoms with van der Waals surface area (Å²) in [4.78, 5) is 18.3. The lowest BCUT2D eigenvalue weighted by atomic mass is 10.2. The van der Waals surface area contributed by atoms with Crippen LogP contribution in [0.3, 0.4) is 0 Å². The molecule has 7 nitrogen and oxygen atoms in total. The highest BCUT2D eigenvalue weighted by Crippen LogP contribution is 2.42. The number of nitrogens with zero attached hydrogens (tertiary/aromatic N) is 3. The lowest BCUT2D eigenvalue weighted by molar-refractivity contribution is 0.324. The number of fused-ring (bicyclic) bond motifs is 2. The molecule has 0 aliphatic heterocycles. The molecule has 5 rings (SSSR count). The number of furan rings is 1.